The molecule has 0 spiro atoms. The number of carbonyl (C=O) groups is 1. The Morgan fingerprint density at radius 1 is 1.33 bits per heavy atom. The van der Waals surface area contributed by atoms with E-state index in [9.17, 15) is 4.79 Å². The van der Waals surface area contributed by atoms with Crippen LogP contribution in [-0.2, 0) is 11.2 Å². The fourth-order valence-corrected chi connectivity index (χ4v) is 3.45. The van der Waals surface area contributed by atoms with Gasteiger partial charge >= 0.3 is 0 Å². The molecule has 1 aromatic carbocycles. The average Bonchev–Trinajstić information content (AvgIpc) is 2.70. The molecule has 0 amide bonds. The van der Waals surface area contributed by atoms with Crippen molar-refractivity contribution in [2.24, 2.45) is 0 Å². The zero-order valence-electron chi connectivity index (χ0n) is 11.1. The van der Waals surface area contributed by atoms with Gasteiger partial charge in [-0.15, -0.1) is 0 Å². The number of rotatable bonds is 4. The van der Waals surface area contributed by atoms with Crippen molar-refractivity contribution in [1.82, 2.24) is 0 Å². The molecule has 0 saturated heterocycles. The van der Waals surface area contributed by atoms with Crippen LogP contribution in [0.1, 0.15) is 49.7 Å². The second-order valence-corrected chi connectivity index (χ2v) is 5.62. The van der Waals surface area contributed by atoms with Crippen LogP contribution in [0.4, 0.5) is 5.69 Å². The Labute approximate surface area is 109 Å². The third-order valence-corrected chi connectivity index (χ3v) is 4.26. The molecular weight excluding hydrogens is 222 g/mol. The van der Waals surface area contributed by atoms with Crippen LogP contribution in [0.25, 0.3) is 0 Å². The smallest absolute Gasteiger partial charge is 0.137 e. The third kappa shape index (κ3) is 1.94. The summed E-state index contributed by atoms with van der Waals surface area (Å²) in [7, 11) is 0. The molecule has 2 aliphatic rings. The van der Waals surface area contributed by atoms with Crippen molar-refractivity contribution < 1.29 is 4.79 Å². The van der Waals surface area contributed by atoms with Gasteiger partial charge in [-0.05, 0) is 23.6 Å². The monoisotopic (exact) mass is 243 g/mol. The molecule has 0 fully saturated rings. The molecule has 1 aliphatic carbocycles. The average molecular weight is 243 g/mol. The van der Waals surface area contributed by atoms with Crippen molar-refractivity contribution in [2.75, 3.05) is 18.0 Å². The Bertz CT molecular complexity index is 466. The number of hydrogen-bond acceptors (Lipinski definition) is 2. The summed E-state index contributed by atoms with van der Waals surface area (Å²) in [5, 5.41) is 0. The first kappa shape index (κ1) is 11.8. The van der Waals surface area contributed by atoms with E-state index in [0.29, 0.717) is 18.1 Å². The number of unbranched alkanes of at least 4 members (excludes halogenated alkanes) is 2. The number of ketones is 1. The Hall–Kier alpha value is -1.31. The molecular formula is C16H21NO. The SMILES string of the molecule is CCCCCN1CC2CC(=O)Cc3cccc1c32. The van der Waals surface area contributed by atoms with Gasteiger partial charge in [-0.25, -0.2) is 0 Å². The first-order valence-electron chi connectivity index (χ1n) is 7.18. The largest absolute Gasteiger partial charge is 0.371 e. The first-order chi connectivity index (χ1) is 8.79. The fourth-order valence-electron chi connectivity index (χ4n) is 3.45. The summed E-state index contributed by atoms with van der Waals surface area (Å²) in [5.74, 6) is 0.888. The number of carbonyl (C=O) groups excluding carboxylic acids is 1. The predicted octanol–water partition coefficient (Wildman–Crippen LogP) is 3.30. The van der Waals surface area contributed by atoms with Gasteiger partial charge in [0, 0.05) is 37.5 Å². The summed E-state index contributed by atoms with van der Waals surface area (Å²) in [6.45, 7) is 4.45. The van der Waals surface area contributed by atoms with Crippen molar-refractivity contribution in [3.8, 4) is 0 Å². The van der Waals surface area contributed by atoms with E-state index in [1.165, 1.54) is 36.1 Å². The van der Waals surface area contributed by atoms with Gasteiger partial charge in [0.15, 0.2) is 0 Å². The van der Waals surface area contributed by atoms with Gasteiger partial charge in [-0.2, -0.15) is 0 Å². The van der Waals surface area contributed by atoms with Crippen molar-refractivity contribution in [1.29, 1.82) is 0 Å². The second kappa shape index (κ2) is 4.75. The highest BCUT2D eigenvalue weighted by Crippen LogP contribution is 2.43. The van der Waals surface area contributed by atoms with E-state index in [2.05, 4.69) is 30.0 Å². The van der Waals surface area contributed by atoms with Gasteiger partial charge in [-0.1, -0.05) is 31.9 Å². The van der Waals surface area contributed by atoms with Gasteiger partial charge in [0.2, 0.25) is 0 Å². The van der Waals surface area contributed by atoms with E-state index in [-0.39, 0.29) is 0 Å². The fraction of sp³-hybridized carbons (Fsp3) is 0.562. The molecule has 1 aromatic rings. The molecule has 2 nitrogen and oxygen atoms in total. The molecule has 18 heavy (non-hydrogen) atoms. The standard InChI is InChI=1S/C16H21NO/c1-2-3-4-8-17-11-13-10-14(18)9-12-6-5-7-15(17)16(12)13/h5-7,13H,2-4,8-11H2,1H3. The van der Waals surface area contributed by atoms with Crippen molar-refractivity contribution in [2.45, 2.75) is 44.9 Å². The Morgan fingerprint density at radius 3 is 3.06 bits per heavy atom. The molecule has 0 N–H and O–H groups in total. The van der Waals surface area contributed by atoms with Gasteiger partial charge < -0.3 is 4.90 Å². The molecule has 96 valence electrons. The molecule has 2 heteroatoms. The van der Waals surface area contributed by atoms with Crippen molar-refractivity contribution >= 4 is 11.5 Å². The molecule has 1 atom stereocenters. The maximum Gasteiger partial charge on any atom is 0.137 e. The summed E-state index contributed by atoms with van der Waals surface area (Å²) in [6.07, 6.45) is 5.25. The summed E-state index contributed by atoms with van der Waals surface area (Å²) >= 11 is 0. The number of hydrogen-bond donors (Lipinski definition) is 0. The second-order valence-electron chi connectivity index (χ2n) is 5.62. The van der Waals surface area contributed by atoms with E-state index in [0.717, 1.165) is 19.5 Å². The molecule has 0 radical (unpaired) electrons. The minimum atomic E-state index is 0.417. The van der Waals surface area contributed by atoms with E-state index in [4.69, 9.17) is 0 Å². The van der Waals surface area contributed by atoms with Crippen LogP contribution >= 0.6 is 0 Å². The summed E-state index contributed by atoms with van der Waals surface area (Å²) < 4.78 is 0. The van der Waals surface area contributed by atoms with Crippen LogP contribution in [-0.4, -0.2) is 18.9 Å². The van der Waals surface area contributed by atoms with Crippen molar-refractivity contribution in [3.63, 3.8) is 0 Å². The van der Waals surface area contributed by atoms with E-state index in [1.807, 2.05) is 0 Å². The lowest BCUT2D eigenvalue weighted by molar-refractivity contribution is -0.119. The molecule has 1 aliphatic heterocycles. The molecule has 0 aromatic heterocycles. The van der Waals surface area contributed by atoms with E-state index < -0.39 is 0 Å². The van der Waals surface area contributed by atoms with Crippen LogP contribution in [0, 0.1) is 0 Å². The van der Waals surface area contributed by atoms with Crippen LogP contribution in [0.3, 0.4) is 0 Å². The van der Waals surface area contributed by atoms with E-state index >= 15 is 0 Å². The summed E-state index contributed by atoms with van der Waals surface area (Å²) in [4.78, 5) is 14.3. The highest BCUT2D eigenvalue weighted by atomic mass is 16.1. The number of Topliss-reactive ketones (excluding diaryl/α,β-unsaturated/α-hetero) is 1. The highest BCUT2D eigenvalue weighted by molar-refractivity contribution is 5.86. The Morgan fingerprint density at radius 2 is 2.22 bits per heavy atom. The van der Waals surface area contributed by atoms with Crippen LogP contribution in [0.15, 0.2) is 18.2 Å². The van der Waals surface area contributed by atoms with Gasteiger partial charge in [0.25, 0.3) is 0 Å². The van der Waals surface area contributed by atoms with E-state index in [1.54, 1.807) is 0 Å². The minimum Gasteiger partial charge on any atom is -0.371 e. The number of benzene rings is 1. The quantitative estimate of drug-likeness (QED) is 0.756. The maximum absolute atomic E-state index is 11.8. The van der Waals surface area contributed by atoms with Gasteiger partial charge in [-0.3, -0.25) is 4.79 Å². The predicted molar refractivity (Wildman–Crippen MR) is 74.2 cm³/mol. The van der Waals surface area contributed by atoms with Crippen LogP contribution in [0.2, 0.25) is 0 Å². The number of nitrogens with zero attached hydrogens (tertiary/aromatic N) is 1. The molecule has 1 heterocycles. The number of anilines is 1. The zero-order valence-corrected chi connectivity index (χ0v) is 11.1. The maximum atomic E-state index is 11.8. The molecule has 1 unspecified atom stereocenters. The van der Waals surface area contributed by atoms with Gasteiger partial charge in [0.05, 0.1) is 0 Å². The lowest BCUT2D eigenvalue weighted by atomic mass is 9.83. The molecule has 3 rings (SSSR count). The Kier molecular flexibility index (Phi) is 3.11. The Balaban J connectivity index is 1.85. The topological polar surface area (TPSA) is 20.3 Å². The molecule has 0 bridgehead atoms. The summed E-state index contributed by atoms with van der Waals surface area (Å²) in [5.41, 5.74) is 4.17. The molecule has 0 saturated carbocycles. The lowest BCUT2D eigenvalue weighted by Crippen LogP contribution is -2.24. The third-order valence-electron chi connectivity index (χ3n) is 4.26. The minimum absolute atomic E-state index is 0.417. The highest BCUT2D eigenvalue weighted by Gasteiger charge is 2.35. The summed E-state index contributed by atoms with van der Waals surface area (Å²) in [6, 6.07) is 6.49. The normalized spacial score (nSPS) is 21.3. The van der Waals surface area contributed by atoms with Crippen LogP contribution in [0.5, 0.6) is 0 Å². The van der Waals surface area contributed by atoms with Crippen molar-refractivity contribution in [3.05, 3.63) is 29.3 Å². The first-order valence-corrected chi connectivity index (χ1v) is 7.18. The zero-order chi connectivity index (χ0) is 12.5. The van der Waals surface area contributed by atoms with Crippen LogP contribution < -0.4 is 4.90 Å². The lowest BCUT2D eigenvalue weighted by Gasteiger charge is -2.19. The van der Waals surface area contributed by atoms with Gasteiger partial charge in [0.1, 0.15) is 5.78 Å².